The summed E-state index contributed by atoms with van der Waals surface area (Å²) in [5.74, 6) is 1.50. The molecule has 0 spiro atoms. The lowest BCUT2D eigenvalue weighted by Gasteiger charge is -2.14. The zero-order chi connectivity index (χ0) is 17.7. The highest BCUT2D eigenvalue weighted by Crippen LogP contribution is 2.23. The summed E-state index contributed by atoms with van der Waals surface area (Å²) in [6.45, 7) is 1.81. The molecule has 1 atom stereocenters. The molecule has 1 amide bonds. The molecular weight excluding hydrogens is 348 g/mol. The fourth-order valence-corrected chi connectivity index (χ4v) is 2.68. The number of benzene rings is 1. The average Bonchev–Trinajstić information content (AvgIpc) is 2.54. The number of carbonyl (C=O) groups excluding carboxylic acids is 1. The SMILES string of the molecule is CC(SCc1nc(N)nc(N(C)C)n1)C(=O)Nc1ccccc1Cl. The van der Waals surface area contributed by atoms with Gasteiger partial charge in [0.05, 0.1) is 21.7 Å². The van der Waals surface area contributed by atoms with Crippen molar-refractivity contribution in [2.24, 2.45) is 0 Å². The minimum absolute atomic E-state index is 0.136. The third-order valence-corrected chi connectivity index (χ3v) is 4.52. The van der Waals surface area contributed by atoms with Crippen molar-refractivity contribution in [3.8, 4) is 0 Å². The monoisotopic (exact) mass is 366 g/mol. The second-order valence-electron chi connectivity index (χ2n) is 5.23. The van der Waals surface area contributed by atoms with Crippen LogP contribution in [0.3, 0.4) is 0 Å². The number of carbonyl (C=O) groups is 1. The van der Waals surface area contributed by atoms with Gasteiger partial charge in [-0.05, 0) is 19.1 Å². The van der Waals surface area contributed by atoms with Gasteiger partial charge in [-0.1, -0.05) is 23.7 Å². The van der Waals surface area contributed by atoms with E-state index in [1.54, 1.807) is 17.0 Å². The van der Waals surface area contributed by atoms with Crippen molar-refractivity contribution in [3.63, 3.8) is 0 Å². The highest BCUT2D eigenvalue weighted by molar-refractivity contribution is 7.99. The first-order valence-electron chi connectivity index (χ1n) is 7.21. The van der Waals surface area contributed by atoms with Gasteiger partial charge in [-0.3, -0.25) is 4.79 Å². The lowest BCUT2D eigenvalue weighted by molar-refractivity contribution is -0.115. The first-order valence-corrected chi connectivity index (χ1v) is 8.64. The van der Waals surface area contributed by atoms with Crippen LogP contribution in [0.15, 0.2) is 24.3 Å². The number of rotatable bonds is 6. The Hall–Kier alpha value is -2.06. The molecule has 2 rings (SSSR count). The van der Waals surface area contributed by atoms with Crippen LogP contribution in [0.25, 0.3) is 0 Å². The maximum absolute atomic E-state index is 12.3. The predicted octanol–water partition coefficient (Wildman–Crippen LogP) is 2.43. The van der Waals surface area contributed by atoms with Crippen LogP contribution in [0, 0.1) is 0 Å². The molecule has 1 unspecified atom stereocenters. The first-order chi connectivity index (χ1) is 11.4. The number of hydrogen-bond donors (Lipinski definition) is 2. The van der Waals surface area contributed by atoms with Crippen molar-refractivity contribution >= 4 is 46.9 Å². The van der Waals surface area contributed by atoms with Gasteiger partial charge >= 0.3 is 0 Å². The third-order valence-electron chi connectivity index (χ3n) is 3.05. The van der Waals surface area contributed by atoms with E-state index < -0.39 is 0 Å². The Labute approximate surface area is 150 Å². The third kappa shape index (κ3) is 4.97. The molecule has 0 fully saturated rings. The van der Waals surface area contributed by atoms with Crippen LogP contribution >= 0.6 is 23.4 Å². The molecule has 9 heteroatoms. The molecule has 7 nitrogen and oxygen atoms in total. The molecule has 3 N–H and O–H groups in total. The van der Waals surface area contributed by atoms with Crippen molar-refractivity contribution in [3.05, 3.63) is 35.1 Å². The molecule has 0 radical (unpaired) electrons. The second-order valence-corrected chi connectivity index (χ2v) is 6.96. The number of nitrogens with one attached hydrogen (secondary N) is 1. The first kappa shape index (κ1) is 18.3. The number of halogens is 1. The molecule has 1 aromatic heterocycles. The standard InChI is InChI=1S/C15H19ClN6OS/c1-9(13(23)18-11-7-5-4-6-10(11)16)24-8-12-19-14(17)21-15(20-12)22(2)3/h4-7,9H,8H2,1-3H3,(H,18,23)(H2,17,19,20,21). The van der Waals surface area contributed by atoms with Gasteiger partial charge in [0.1, 0.15) is 5.82 Å². The van der Waals surface area contributed by atoms with Crippen molar-refractivity contribution < 1.29 is 4.79 Å². The van der Waals surface area contributed by atoms with Crippen molar-refractivity contribution in [2.75, 3.05) is 30.0 Å². The molecule has 0 aliphatic heterocycles. The highest BCUT2D eigenvalue weighted by Gasteiger charge is 2.16. The summed E-state index contributed by atoms with van der Waals surface area (Å²) < 4.78 is 0. The van der Waals surface area contributed by atoms with Gasteiger partial charge < -0.3 is 16.0 Å². The van der Waals surface area contributed by atoms with Gasteiger partial charge in [-0.15, -0.1) is 11.8 Å². The normalized spacial score (nSPS) is 11.8. The van der Waals surface area contributed by atoms with Gasteiger partial charge in [0, 0.05) is 14.1 Å². The summed E-state index contributed by atoms with van der Waals surface area (Å²) in [6.07, 6.45) is 0. The lowest BCUT2D eigenvalue weighted by Crippen LogP contribution is -2.23. The Bertz CT molecular complexity index is 727. The Morgan fingerprint density at radius 1 is 1.33 bits per heavy atom. The van der Waals surface area contributed by atoms with Gasteiger partial charge in [0.2, 0.25) is 17.8 Å². The number of hydrogen-bond acceptors (Lipinski definition) is 7. The van der Waals surface area contributed by atoms with E-state index in [9.17, 15) is 4.79 Å². The van der Waals surface area contributed by atoms with E-state index in [0.717, 1.165) is 0 Å². The summed E-state index contributed by atoms with van der Waals surface area (Å²) in [4.78, 5) is 26.5. The maximum Gasteiger partial charge on any atom is 0.237 e. The summed E-state index contributed by atoms with van der Waals surface area (Å²) in [6, 6.07) is 7.11. The average molecular weight is 367 g/mol. The van der Waals surface area contributed by atoms with Crippen LogP contribution in [0.5, 0.6) is 0 Å². The highest BCUT2D eigenvalue weighted by atomic mass is 35.5. The number of thioether (sulfide) groups is 1. The largest absolute Gasteiger partial charge is 0.368 e. The van der Waals surface area contributed by atoms with Gasteiger partial charge in [0.25, 0.3) is 0 Å². The van der Waals surface area contributed by atoms with Gasteiger partial charge in [-0.2, -0.15) is 15.0 Å². The zero-order valence-corrected chi connectivity index (χ0v) is 15.2. The summed E-state index contributed by atoms with van der Waals surface area (Å²) in [7, 11) is 3.65. The van der Waals surface area contributed by atoms with Crippen LogP contribution in [0.2, 0.25) is 5.02 Å². The Morgan fingerprint density at radius 2 is 2.04 bits per heavy atom. The van der Waals surface area contributed by atoms with Crippen LogP contribution in [0.4, 0.5) is 17.6 Å². The predicted molar refractivity (Wildman–Crippen MR) is 99.4 cm³/mol. The quantitative estimate of drug-likeness (QED) is 0.810. The molecule has 1 heterocycles. The lowest BCUT2D eigenvalue weighted by atomic mass is 10.3. The number of nitrogens with zero attached hydrogens (tertiary/aromatic N) is 4. The molecule has 1 aromatic carbocycles. The van der Waals surface area contributed by atoms with Crippen LogP contribution < -0.4 is 16.0 Å². The molecule has 0 bridgehead atoms. The number of nitrogens with two attached hydrogens (primary N) is 1. The Morgan fingerprint density at radius 3 is 2.71 bits per heavy atom. The summed E-state index contributed by atoms with van der Waals surface area (Å²) >= 11 is 7.45. The van der Waals surface area contributed by atoms with Crippen molar-refractivity contribution in [2.45, 2.75) is 17.9 Å². The Balaban J connectivity index is 1.96. The van der Waals surface area contributed by atoms with Gasteiger partial charge in [-0.25, -0.2) is 0 Å². The smallest absolute Gasteiger partial charge is 0.237 e. The number of anilines is 3. The zero-order valence-electron chi connectivity index (χ0n) is 13.7. The molecule has 0 aliphatic carbocycles. The van der Waals surface area contributed by atoms with Crippen LogP contribution in [-0.4, -0.2) is 40.2 Å². The van der Waals surface area contributed by atoms with Crippen LogP contribution in [0.1, 0.15) is 12.7 Å². The molecule has 0 saturated heterocycles. The second kappa shape index (κ2) is 8.16. The van der Waals surface area contributed by atoms with Crippen molar-refractivity contribution in [1.29, 1.82) is 0 Å². The molecule has 24 heavy (non-hydrogen) atoms. The van der Waals surface area contributed by atoms with E-state index in [2.05, 4.69) is 20.3 Å². The minimum Gasteiger partial charge on any atom is -0.368 e. The van der Waals surface area contributed by atoms with Crippen LogP contribution in [-0.2, 0) is 10.5 Å². The molecule has 128 valence electrons. The molecule has 2 aromatic rings. The van der Waals surface area contributed by atoms with Crippen molar-refractivity contribution in [1.82, 2.24) is 15.0 Å². The summed E-state index contributed by atoms with van der Waals surface area (Å²) in [5.41, 5.74) is 6.28. The van der Waals surface area contributed by atoms with E-state index in [1.165, 1.54) is 11.8 Å². The Kier molecular flexibility index (Phi) is 6.22. The summed E-state index contributed by atoms with van der Waals surface area (Å²) in [5, 5.41) is 3.01. The fraction of sp³-hybridized carbons (Fsp3) is 0.333. The number of nitrogen functional groups attached to an aromatic ring is 1. The topological polar surface area (TPSA) is 97.0 Å². The molecular formula is C15H19ClN6OS. The van der Waals surface area contributed by atoms with E-state index in [1.807, 2.05) is 33.2 Å². The fourth-order valence-electron chi connectivity index (χ4n) is 1.76. The molecule has 0 saturated carbocycles. The van der Waals surface area contributed by atoms with E-state index in [-0.39, 0.29) is 17.1 Å². The minimum atomic E-state index is -0.304. The van der Waals surface area contributed by atoms with Gasteiger partial charge in [0.15, 0.2) is 0 Å². The maximum atomic E-state index is 12.3. The van der Waals surface area contributed by atoms with E-state index >= 15 is 0 Å². The number of para-hydroxylation sites is 1. The van der Waals surface area contributed by atoms with E-state index in [4.69, 9.17) is 17.3 Å². The number of aromatic nitrogens is 3. The van der Waals surface area contributed by atoms with E-state index in [0.29, 0.717) is 28.2 Å². The number of amides is 1. The molecule has 0 aliphatic rings.